The standard InChI is InChI=1S/C22H32N4O4/c1-14-10-17(14)22(29)26-7-3-4-16(12-26)18-11-19(27)24-21(23-18)15-5-8-25(9-6-15)20(28)13-30-2/h11,14-17H,3-10,12-13H2,1-2H3,(H,23,24,27)/t14-,16+,17+/m1/s1. The van der Waals surface area contributed by atoms with Crippen molar-refractivity contribution in [3.63, 3.8) is 0 Å². The van der Waals surface area contributed by atoms with Crippen LogP contribution in [0.3, 0.4) is 0 Å². The molecule has 2 amide bonds. The molecule has 2 saturated heterocycles. The first-order valence-corrected chi connectivity index (χ1v) is 11.1. The summed E-state index contributed by atoms with van der Waals surface area (Å²) < 4.78 is 4.94. The first kappa shape index (κ1) is 21.0. The molecule has 8 nitrogen and oxygen atoms in total. The number of rotatable bonds is 5. The van der Waals surface area contributed by atoms with Crippen molar-refractivity contribution in [3.8, 4) is 0 Å². The summed E-state index contributed by atoms with van der Waals surface area (Å²) in [6, 6.07) is 1.60. The maximum atomic E-state index is 12.7. The van der Waals surface area contributed by atoms with Crippen LogP contribution in [-0.4, -0.2) is 71.5 Å². The van der Waals surface area contributed by atoms with E-state index in [0.717, 1.165) is 50.2 Å². The smallest absolute Gasteiger partial charge is 0.251 e. The van der Waals surface area contributed by atoms with Crippen LogP contribution in [0.15, 0.2) is 10.9 Å². The van der Waals surface area contributed by atoms with E-state index in [0.29, 0.717) is 25.6 Å². The van der Waals surface area contributed by atoms with Crippen LogP contribution < -0.4 is 5.56 Å². The summed E-state index contributed by atoms with van der Waals surface area (Å²) in [6.07, 6.45) is 4.44. The van der Waals surface area contributed by atoms with Gasteiger partial charge in [-0.3, -0.25) is 14.4 Å². The lowest BCUT2D eigenvalue weighted by Gasteiger charge is -2.34. The number of methoxy groups -OCH3 is 1. The minimum absolute atomic E-state index is 0.00287. The molecule has 1 aromatic heterocycles. The second kappa shape index (κ2) is 8.88. The number of carbonyl (C=O) groups is 2. The van der Waals surface area contributed by atoms with Gasteiger partial charge in [-0.15, -0.1) is 0 Å². The second-order valence-electron chi connectivity index (χ2n) is 9.09. The molecule has 2 aliphatic heterocycles. The lowest BCUT2D eigenvalue weighted by Crippen LogP contribution is -2.41. The van der Waals surface area contributed by atoms with E-state index in [-0.39, 0.29) is 41.7 Å². The molecule has 3 aliphatic rings. The first-order valence-electron chi connectivity index (χ1n) is 11.1. The fraction of sp³-hybridized carbons (Fsp3) is 0.727. The summed E-state index contributed by atoms with van der Waals surface area (Å²) >= 11 is 0. The molecule has 8 heteroatoms. The van der Waals surface area contributed by atoms with Crippen LogP contribution in [0, 0.1) is 11.8 Å². The number of aromatic amines is 1. The fourth-order valence-corrected chi connectivity index (χ4v) is 4.83. The van der Waals surface area contributed by atoms with Gasteiger partial charge in [0.05, 0.1) is 5.69 Å². The summed E-state index contributed by atoms with van der Waals surface area (Å²) in [7, 11) is 1.52. The average Bonchev–Trinajstić information content (AvgIpc) is 3.49. The Morgan fingerprint density at radius 2 is 1.90 bits per heavy atom. The van der Waals surface area contributed by atoms with E-state index >= 15 is 0 Å². The van der Waals surface area contributed by atoms with Crippen LogP contribution in [0.1, 0.15) is 62.4 Å². The minimum Gasteiger partial charge on any atom is -0.375 e. The van der Waals surface area contributed by atoms with Gasteiger partial charge in [0.1, 0.15) is 12.4 Å². The third kappa shape index (κ3) is 4.58. The van der Waals surface area contributed by atoms with Crippen LogP contribution in [-0.2, 0) is 14.3 Å². The third-order valence-corrected chi connectivity index (χ3v) is 6.86. The molecule has 30 heavy (non-hydrogen) atoms. The summed E-state index contributed by atoms with van der Waals surface area (Å²) in [5, 5.41) is 0. The van der Waals surface area contributed by atoms with Gasteiger partial charge in [-0.05, 0) is 38.0 Å². The molecule has 4 rings (SSSR count). The van der Waals surface area contributed by atoms with E-state index in [4.69, 9.17) is 9.72 Å². The van der Waals surface area contributed by atoms with Crippen molar-refractivity contribution in [1.82, 2.24) is 19.8 Å². The van der Waals surface area contributed by atoms with Crippen molar-refractivity contribution >= 4 is 11.8 Å². The van der Waals surface area contributed by atoms with Gasteiger partial charge in [0.25, 0.3) is 5.56 Å². The number of H-pyrrole nitrogens is 1. The molecule has 0 aromatic carbocycles. The highest BCUT2D eigenvalue weighted by molar-refractivity contribution is 5.81. The SMILES string of the molecule is COCC(=O)N1CCC(c2nc([C@H]3CCCN(C(=O)[C@H]4C[C@H]4C)C3)cc(=O)[nH]2)CC1. The number of hydrogen-bond donors (Lipinski definition) is 1. The molecule has 3 atom stereocenters. The third-order valence-electron chi connectivity index (χ3n) is 6.86. The molecule has 0 spiro atoms. The Kier molecular flexibility index (Phi) is 6.22. The number of ether oxygens (including phenoxy) is 1. The quantitative estimate of drug-likeness (QED) is 0.785. The average molecular weight is 417 g/mol. The summed E-state index contributed by atoms with van der Waals surface area (Å²) in [5.74, 6) is 1.93. The number of piperidine rings is 2. The van der Waals surface area contributed by atoms with Gasteiger partial charge in [-0.2, -0.15) is 0 Å². The maximum absolute atomic E-state index is 12.7. The highest BCUT2D eigenvalue weighted by Gasteiger charge is 2.42. The molecule has 1 N–H and O–H groups in total. The van der Waals surface area contributed by atoms with E-state index in [1.165, 1.54) is 7.11 Å². The molecular formula is C22H32N4O4. The predicted molar refractivity (Wildman–Crippen MR) is 111 cm³/mol. The Morgan fingerprint density at radius 1 is 1.17 bits per heavy atom. The lowest BCUT2D eigenvalue weighted by molar-refractivity contribution is -0.136. The number of carbonyl (C=O) groups excluding carboxylic acids is 2. The molecule has 3 heterocycles. The van der Waals surface area contributed by atoms with Crippen molar-refractivity contribution in [2.24, 2.45) is 11.8 Å². The number of nitrogens with one attached hydrogen (secondary N) is 1. The molecule has 164 valence electrons. The van der Waals surface area contributed by atoms with E-state index < -0.39 is 0 Å². The number of amides is 2. The first-order chi connectivity index (χ1) is 14.5. The normalized spacial score (nSPS) is 27.2. The molecule has 1 aromatic rings. The van der Waals surface area contributed by atoms with Gasteiger partial charge in [-0.1, -0.05) is 6.92 Å². The van der Waals surface area contributed by atoms with Gasteiger partial charge in [0, 0.05) is 57.1 Å². The molecule has 0 bridgehead atoms. The molecule has 0 unspecified atom stereocenters. The van der Waals surface area contributed by atoms with E-state index in [9.17, 15) is 14.4 Å². The summed E-state index contributed by atoms with van der Waals surface area (Å²) in [4.78, 5) is 48.6. The van der Waals surface area contributed by atoms with Crippen molar-refractivity contribution in [1.29, 1.82) is 0 Å². The Balaban J connectivity index is 1.43. The summed E-state index contributed by atoms with van der Waals surface area (Å²) in [5.41, 5.74) is 0.667. The highest BCUT2D eigenvalue weighted by Crippen LogP contribution is 2.40. The molecule has 1 aliphatic carbocycles. The highest BCUT2D eigenvalue weighted by atomic mass is 16.5. The van der Waals surface area contributed by atoms with Gasteiger partial charge in [0.2, 0.25) is 11.8 Å². The maximum Gasteiger partial charge on any atom is 0.251 e. The van der Waals surface area contributed by atoms with Crippen LogP contribution in [0.5, 0.6) is 0 Å². The fourth-order valence-electron chi connectivity index (χ4n) is 4.83. The zero-order valence-corrected chi connectivity index (χ0v) is 17.9. The Labute approximate surface area is 177 Å². The number of nitrogens with zero attached hydrogens (tertiary/aromatic N) is 3. The van der Waals surface area contributed by atoms with Crippen molar-refractivity contribution in [3.05, 3.63) is 27.9 Å². The minimum atomic E-state index is -0.132. The van der Waals surface area contributed by atoms with Crippen molar-refractivity contribution in [2.45, 2.75) is 50.9 Å². The Bertz CT molecular complexity index is 846. The number of aromatic nitrogens is 2. The molecule has 0 radical (unpaired) electrons. The van der Waals surface area contributed by atoms with E-state index in [1.54, 1.807) is 6.07 Å². The van der Waals surface area contributed by atoms with Gasteiger partial charge >= 0.3 is 0 Å². The van der Waals surface area contributed by atoms with Gasteiger partial charge < -0.3 is 19.5 Å². The molecule has 1 saturated carbocycles. The predicted octanol–water partition coefficient (Wildman–Crippen LogP) is 1.48. The van der Waals surface area contributed by atoms with Crippen LogP contribution in [0.4, 0.5) is 0 Å². The monoisotopic (exact) mass is 416 g/mol. The Morgan fingerprint density at radius 3 is 2.57 bits per heavy atom. The van der Waals surface area contributed by atoms with Crippen LogP contribution >= 0.6 is 0 Å². The number of likely N-dealkylation sites (tertiary alicyclic amines) is 2. The van der Waals surface area contributed by atoms with Gasteiger partial charge in [-0.25, -0.2) is 4.98 Å². The lowest BCUT2D eigenvalue weighted by atomic mass is 9.92. The Hall–Kier alpha value is -2.22. The topological polar surface area (TPSA) is 95.6 Å². The van der Waals surface area contributed by atoms with Gasteiger partial charge in [0.15, 0.2) is 0 Å². The van der Waals surface area contributed by atoms with Crippen LogP contribution in [0.2, 0.25) is 0 Å². The molecule has 3 fully saturated rings. The number of hydrogen-bond acceptors (Lipinski definition) is 5. The van der Waals surface area contributed by atoms with E-state index in [2.05, 4.69) is 11.9 Å². The summed E-state index contributed by atoms with van der Waals surface area (Å²) in [6.45, 7) is 4.98. The zero-order chi connectivity index (χ0) is 21.3. The molecular weight excluding hydrogens is 384 g/mol. The zero-order valence-electron chi connectivity index (χ0n) is 17.9. The van der Waals surface area contributed by atoms with Crippen LogP contribution in [0.25, 0.3) is 0 Å². The van der Waals surface area contributed by atoms with Crippen molar-refractivity contribution < 1.29 is 14.3 Å². The second-order valence-corrected chi connectivity index (χ2v) is 9.09. The van der Waals surface area contributed by atoms with E-state index in [1.807, 2.05) is 9.80 Å². The van der Waals surface area contributed by atoms with Crippen molar-refractivity contribution in [2.75, 3.05) is 39.9 Å². The largest absolute Gasteiger partial charge is 0.375 e.